The van der Waals surface area contributed by atoms with Gasteiger partial charge in [-0.1, -0.05) is 18.2 Å². The van der Waals surface area contributed by atoms with Crippen molar-refractivity contribution in [3.63, 3.8) is 0 Å². The van der Waals surface area contributed by atoms with E-state index in [4.69, 9.17) is 5.11 Å². The van der Waals surface area contributed by atoms with Crippen molar-refractivity contribution in [3.05, 3.63) is 30.3 Å². The van der Waals surface area contributed by atoms with Crippen LogP contribution >= 0.6 is 0 Å². The largest absolute Gasteiger partial charge is 0.481 e. The lowest BCUT2D eigenvalue weighted by molar-refractivity contribution is -0.141. The van der Waals surface area contributed by atoms with Crippen molar-refractivity contribution in [3.8, 4) is 0 Å². The summed E-state index contributed by atoms with van der Waals surface area (Å²) in [5.41, 5.74) is -0.767. The summed E-state index contributed by atoms with van der Waals surface area (Å²) in [7, 11) is 1.59. The Balaban J connectivity index is 2.54. The maximum atomic E-state index is 11.8. The number of hydrogen-bond acceptors (Lipinski definition) is 3. The number of amides is 2. The van der Waals surface area contributed by atoms with Crippen LogP contribution < -0.4 is 10.2 Å². The minimum Gasteiger partial charge on any atom is -0.481 e. The Bertz CT molecular complexity index is 445. The summed E-state index contributed by atoms with van der Waals surface area (Å²) in [5.74, 6) is -1.12. The number of hydrogen-bond donors (Lipinski definition) is 3. The summed E-state index contributed by atoms with van der Waals surface area (Å²) in [4.78, 5) is 23.7. The van der Waals surface area contributed by atoms with E-state index in [9.17, 15) is 14.7 Å². The molecular weight excluding hydrogens is 248 g/mol. The average molecular weight is 266 g/mol. The van der Waals surface area contributed by atoms with Crippen LogP contribution in [0.4, 0.5) is 10.5 Å². The fraction of sp³-hybridized carbons (Fsp3) is 0.385. The van der Waals surface area contributed by atoms with Crippen LogP contribution in [-0.2, 0) is 4.79 Å². The highest BCUT2D eigenvalue weighted by atomic mass is 16.4. The molecule has 1 rings (SSSR count). The van der Waals surface area contributed by atoms with Gasteiger partial charge in [-0.2, -0.15) is 0 Å². The SMILES string of the molecule is CN(C(=O)NCC(C)(O)CC(=O)O)c1ccccc1. The minimum atomic E-state index is -1.47. The second kappa shape index (κ2) is 6.19. The molecule has 0 aromatic heterocycles. The maximum absolute atomic E-state index is 11.8. The normalized spacial score (nSPS) is 13.4. The number of urea groups is 1. The van der Waals surface area contributed by atoms with Crippen molar-refractivity contribution >= 4 is 17.7 Å². The molecule has 3 N–H and O–H groups in total. The van der Waals surface area contributed by atoms with E-state index in [2.05, 4.69) is 5.32 Å². The quantitative estimate of drug-likeness (QED) is 0.743. The third kappa shape index (κ3) is 4.97. The van der Waals surface area contributed by atoms with Crippen LogP contribution in [0, 0.1) is 0 Å². The smallest absolute Gasteiger partial charge is 0.321 e. The van der Waals surface area contributed by atoms with Crippen molar-refractivity contribution in [1.29, 1.82) is 0 Å². The number of benzene rings is 1. The van der Waals surface area contributed by atoms with Gasteiger partial charge in [-0.15, -0.1) is 0 Å². The lowest BCUT2D eigenvalue weighted by Crippen LogP contribution is -2.46. The van der Waals surface area contributed by atoms with Gasteiger partial charge in [0.2, 0.25) is 0 Å². The minimum absolute atomic E-state index is 0.130. The number of carboxylic acids is 1. The fourth-order valence-electron chi connectivity index (χ4n) is 1.54. The molecule has 1 unspecified atom stereocenters. The number of anilines is 1. The summed E-state index contributed by atoms with van der Waals surface area (Å²) in [6.07, 6.45) is -0.428. The van der Waals surface area contributed by atoms with Crippen molar-refractivity contribution in [2.75, 3.05) is 18.5 Å². The Labute approximate surface area is 111 Å². The molecule has 0 aliphatic heterocycles. The first-order valence-electron chi connectivity index (χ1n) is 5.82. The first-order chi connectivity index (χ1) is 8.82. The summed E-state index contributed by atoms with van der Waals surface area (Å²) in [6.45, 7) is 1.24. The number of carbonyl (C=O) groups is 2. The summed E-state index contributed by atoms with van der Waals surface area (Å²) in [6, 6.07) is 8.59. The lowest BCUT2D eigenvalue weighted by Gasteiger charge is -2.24. The van der Waals surface area contributed by atoms with Crippen molar-refractivity contribution < 1.29 is 19.8 Å². The Morgan fingerprint density at radius 1 is 1.32 bits per heavy atom. The van der Waals surface area contributed by atoms with Gasteiger partial charge >= 0.3 is 12.0 Å². The Kier molecular flexibility index (Phi) is 4.88. The average Bonchev–Trinajstić information content (AvgIpc) is 2.34. The molecule has 1 aromatic rings. The zero-order valence-electron chi connectivity index (χ0n) is 11.0. The van der Waals surface area contributed by atoms with Gasteiger partial charge in [0.1, 0.15) is 0 Å². The second-order valence-corrected chi connectivity index (χ2v) is 4.62. The number of rotatable bonds is 5. The first kappa shape index (κ1) is 15.0. The highest BCUT2D eigenvalue weighted by molar-refractivity contribution is 5.91. The molecule has 0 radical (unpaired) electrons. The van der Waals surface area contributed by atoms with Crippen LogP contribution in [0.5, 0.6) is 0 Å². The molecule has 1 atom stereocenters. The molecule has 6 heteroatoms. The molecule has 6 nitrogen and oxygen atoms in total. The maximum Gasteiger partial charge on any atom is 0.321 e. The third-order valence-corrected chi connectivity index (χ3v) is 2.60. The van der Waals surface area contributed by atoms with E-state index in [1.54, 1.807) is 31.3 Å². The summed E-state index contributed by atoms with van der Waals surface area (Å²) < 4.78 is 0. The van der Waals surface area contributed by atoms with Gasteiger partial charge < -0.3 is 15.5 Å². The van der Waals surface area contributed by atoms with Crippen LogP contribution in [0.2, 0.25) is 0 Å². The fourth-order valence-corrected chi connectivity index (χ4v) is 1.54. The van der Waals surface area contributed by atoms with Crippen LogP contribution in [0.3, 0.4) is 0 Å². The molecule has 0 saturated carbocycles. The molecular formula is C13H18N2O4. The molecule has 0 bridgehead atoms. The molecule has 0 spiro atoms. The molecule has 104 valence electrons. The highest BCUT2D eigenvalue weighted by Crippen LogP contribution is 2.12. The number of aliphatic hydroxyl groups is 1. The molecule has 0 fully saturated rings. The Morgan fingerprint density at radius 2 is 1.89 bits per heavy atom. The van der Waals surface area contributed by atoms with Crippen LogP contribution in [0.1, 0.15) is 13.3 Å². The molecule has 1 aromatic carbocycles. The van der Waals surface area contributed by atoms with Crippen molar-refractivity contribution in [2.24, 2.45) is 0 Å². The number of aliphatic carboxylic acids is 1. The van der Waals surface area contributed by atoms with E-state index >= 15 is 0 Å². The lowest BCUT2D eigenvalue weighted by atomic mass is 10.0. The predicted octanol–water partition coefficient (Wildman–Crippen LogP) is 1.06. The zero-order valence-corrected chi connectivity index (χ0v) is 11.0. The van der Waals surface area contributed by atoms with Gasteiger partial charge in [0.15, 0.2) is 0 Å². The van der Waals surface area contributed by atoms with Crippen LogP contribution in [-0.4, -0.2) is 41.4 Å². The van der Waals surface area contributed by atoms with Gasteiger partial charge in [0.25, 0.3) is 0 Å². The Morgan fingerprint density at radius 3 is 2.42 bits per heavy atom. The van der Waals surface area contributed by atoms with Crippen LogP contribution in [0.15, 0.2) is 30.3 Å². The number of nitrogens with one attached hydrogen (secondary N) is 1. The standard InChI is InChI=1S/C13H18N2O4/c1-13(19,8-11(16)17)9-14-12(18)15(2)10-6-4-3-5-7-10/h3-7,19H,8-9H2,1-2H3,(H,14,18)(H,16,17). The molecule has 0 aliphatic carbocycles. The number of para-hydroxylation sites is 1. The molecule has 2 amide bonds. The van der Waals surface area contributed by atoms with Gasteiger partial charge in [0, 0.05) is 19.3 Å². The number of carbonyl (C=O) groups excluding carboxylic acids is 1. The Hall–Kier alpha value is -2.08. The predicted molar refractivity (Wildman–Crippen MR) is 71.1 cm³/mol. The third-order valence-electron chi connectivity index (χ3n) is 2.60. The molecule has 0 aliphatic rings. The van der Waals surface area contributed by atoms with E-state index < -0.39 is 24.0 Å². The van der Waals surface area contributed by atoms with E-state index in [0.29, 0.717) is 5.69 Å². The van der Waals surface area contributed by atoms with E-state index in [0.717, 1.165) is 0 Å². The van der Waals surface area contributed by atoms with Gasteiger partial charge in [-0.25, -0.2) is 4.79 Å². The van der Waals surface area contributed by atoms with E-state index in [1.165, 1.54) is 11.8 Å². The van der Waals surface area contributed by atoms with Crippen molar-refractivity contribution in [1.82, 2.24) is 5.32 Å². The number of nitrogens with zero attached hydrogens (tertiary/aromatic N) is 1. The van der Waals surface area contributed by atoms with E-state index in [1.807, 2.05) is 6.07 Å². The van der Waals surface area contributed by atoms with Crippen molar-refractivity contribution in [2.45, 2.75) is 18.9 Å². The van der Waals surface area contributed by atoms with E-state index in [-0.39, 0.29) is 6.54 Å². The van der Waals surface area contributed by atoms with Gasteiger partial charge in [0.05, 0.1) is 12.0 Å². The zero-order chi connectivity index (χ0) is 14.5. The molecule has 0 saturated heterocycles. The number of carboxylic acid groups (broad SMARTS) is 1. The summed E-state index contributed by atoms with van der Waals surface area (Å²) in [5, 5.41) is 20.9. The monoisotopic (exact) mass is 266 g/mol. The summed E-state index contributed by atoms with van der Waals surface area (Å²) >= 11 is 0. The molecule has 0 heterocycles. The highest BCUT2D eigenvalue weighted by Gasteiger charge is 2.25. The van der Waals surface area contributed by atoms with Gasteiger partial charge in [-0.05, 0) is 19.1 Å². The topological polar surface area (TPSA) is 89.9 Å². The van der Waals surface area contributed by atoms with Crippen LogP contribution in [0.25, 0.3) is 0 Å². The second-order valence-electron chi connectivity index (χ2n) is 4.62. The molecule has 19 heavy (non-hydrogen) atoms. The van der Waals surface area contributed by atoms with Gasteiger partial charge in [-0.3, -0.25) is 9.69 Å². The first-order valence-corrected chi connectivity index (χ1v) is 5.82.